The number of carboxylic acids is 1. The van der Waals surface area contributed by atoms with Gasteiger partial charge in [-0.2, -0.15) is 0 Å². The van der Waals surface area contributed by atoms with Gasteiger partial charge < -0.3 is 10.4 Å². The quantitative estimate of drug-likeness (QED) is 0.671. The molecule has 7 nitrogen and oxygen atoms in total. The molecule has 0 radical (unpaired) electrons. The molecule has 0 aromatic heterocycles. The first kappa shape index (κ1) is 19.4. The lowest BCUT2D eigenvalue weighted by molar-refractivity contribution is -0.142. The molecule has 1 aliphatic rings. The Morgan fingerprint density at radius 1 is 1.12 bits per heavy atom. The monoisotopic (exact) mass is 368 g/mol. The molecule has 0 unspecified atom stereocenters. The molecule has 2 rings (SSSR count). The molecule has 0 atom stereocenters. The van der Waals surface area contributed by atoms with Crippen molar-refractivity contribution in [2.45, 2.75) is 50.0 Å². The Kier molecular flexibility index (Phi) is 6.55. The van der Waals surface area contributed by atoms with Gasteiger partial charge in [-0.15, -0.1) is 0 Å². The van der Waals surface area contributed by atoms with Crippen molar-refractivity contribution in [3.05, 3.63) is 29.8 Å². The number of hydrogen-bond donors (Lipinski definition) is 3. The van der Waals surface area contributed by atoms with E-state index in [1.54, 1.807) is 19.1 Å². The Hall–Kier alpha value is -1.93. The number of nitrogens with one attached hydrogen (secondary N) is 2. The maximum absolute atomic E-state index is 12.1. The summed E-state index contributed by atoms with van der Waals surface area (Å²) in [6.07, 6.45) is 2.67. The summed E-state index contributed by atoms with van der Waals surface area (Å²) in [7, 11) is -3.49. The Morgan fingerprint density at radius 3 is 2.24 bits per heavy atom. The number of benzene rings is 1. The molecule has 1 saturated carbocycles. The van der Waals surface area contributed by atoms with E-state index in [1.165, 1.54) is 12.1 Å². The molecule has 1 aliphatic carbocycles. The minimum atomic E-state index is -3.49. The van der Waals surface area contributed by atoms with Gasteiger partial charge in [0, 0.05) is 12.6 Å². The third kappa shape index (κ3) is 5.54. The van der Waals surface area contributed by atoms with Gasteiger partial charge in [0.15, 0.2) is 0 Å². The fourth-order valence-corrected chi connectivity index (χ4v) is 4.05. The molecule has 0 saturated heterocycles. The van der Waals surface area contributed by atoms with Crippen molar-refractivity contribution < 1.29 is 23.1 Å². The second-order valence-electron chi connectivity index (χ2n) is 6.28. The molecule has 1 aromatic rings. The molecule has 0 bridgehead atoms. The van der Waals surface area contributed by atoms with Crippen molar-refractivity contribution in [2.75, 3.05) is 6.54 Å². The van der Waals surface area contributed by atoms with E-state index in [1.807, 2.05) is 0 Å². The molecule has 138 valence electrons. The van der Waals surface area contributed by atoms with E-state index in [0.717, 1.165) is 5.56 Å². The SMILES string of the molecule is CCNS(=O)(=O)c1ccc(CC(=O)NC2CCC(C(=O)O)CC2)cc1. The number of carbonyl (C=O) groups excluding carboxylic acids is 1. The first-order valence-corrected chi connectivity index (χ1v) is 9.91. The standard InChI is InChI=1S/C17H24N2O5S/c1-2-18-25(23,24)15-9-3-12(4-10-15)11-16(20)19-14-7-5-13(6-8-14)17(21)22/h3-4,9-10,13-14,18H,2,5-8,11H2,1H3,(H,19,20)(H,21,22). The van der Waals surface area contributed by atoms with Gasteiger partial charge in [-0.25, -0.2) is 13.1 Å². The predicted molar refractivity (Wildman–Crippen MR) is 92.5 cm³/mol. The third-order valence-corrected chi connectivity index (χ3v) is 5.94. The zero-order valence-electron chi connectivity index (χ0n) is 14.2. The van der Waals surface area contributed by atoms with E-state index in [4.69, 9.17) is 5.11 Å². The fraction of sp³-hybridized carbons (Fsp3) is 0.529. The topological polar surface area (TPSA) is 113 Å². The lowest BCUT2D eigenvalue weighted by Crippen LogP contribution is -2.39. The Morgan fingerprint density at radius 2 is 1.72 bits per heavy atom. The van der Waals surface area contributed by atoms with Gasteiger partial charge in [0.05, 0.1) is 17.2 Å². The average molecular weight is 368 g/mol. The van der Waals surface area contributed by atoms with E-state index < -0.39 is 16.0 Å². The summed E-state index contributed by atoms with van der Waals surface area (Å²) in [6, 6.07) is 6.24. The van der Waals surface area contributed by atoms with Crippen molar-refractivity contribution in [3.63, 3.8) is 0 Å². The van der Waals surface area contributed by atoms with Crippen LogP contribution in [0, 0.1) is 5.92 Å². The van der Waals surface area contributed by atoms with E-state index in [2.05, 4.69) is 10.0 Å². The first-order chi connectivity index (χ1) is 11.8. The minimum absolute atomic E-state index is 0.0107. The molecule has 0 heterocycles. The number of aliphatic carboxylic acids is 1. The number of carbonyl (C=O) groups is 2. The Labute approximate surface area is 147 Å². The maximum atomic E-state index is 12.1. The molecular weight excluding hydrogens is 344 g/mol. The van der Waals surface area contributed by atoms with Crippen molar-refractivity contribution in [2.24, 2.45) is 5.92 Å². The van der Waals surface area contributed by atoms with Gasteiger partial charge in [0.2, 0.25) is 15.9 Å². The van der Waals surface area contributed by atoms with Crippen LogP contribution >= 0.6 is 0 Å². The average Bonchev–Trinajstić information content (AvgIpc) is 2.55. The van der Waals surface area contributed by atoms with E-state index in [-0.39, 0.29) is 29.2 Å². The molecule has 1 aromatic carbocycles. The second-order valence-corrected chi connectivity index (χ2v) is 8.04. The van der Waals surface area contributed by atoms with Crippen LogP contribution in [-0.2, 0) is 26.0 Å². The molecule has 0 aliphatic heterocycles. The van der Waals surface area contributed by atoms with Crippen LogP contribution in [0.1, 0.15) is 38.2 Å². The van der Waals surface area contributed by atoms with Crippen molar-refractivity contribution in [1.29, 1.82) is 0 Å². The van der Waals surface area contributed by atoms with Gasteiger partial charge >= 0.3 is 5.97 Å². The summed E-state index contributed by atoms with van der Waals surface area (Å²) in [4.78, 5) is 23.2. The molecule has 0 spiro atoms. The van der Waals surface area contributed by atoms with Crippen LogP contribution in [0.25, 0.3) is 0 Å². The highest BCUT2D eigenvalue weighted by Crippen LogP contribution is 2.24. The van der Waals surface area contributed by atoms with Crippen LogP contribution in [0.4, 0.5) is 0 Å². The molecule has 1 fully saturated rings. The molecular formula is C17H24N2O5S. The van der Waals surface area contributed by atoms with Crippen LogP contribution in [0.3, 0.4) is 0 Å². The number of sulfonamides is 1. The highest BCUT2D eigenvalue weighted by Gasteiger charge is 2.26. The van der Waals surface area contributed by atoms with E-state index in [0.29, 0.717) is 32.2 Å². The molecule has 3 N–H and O–H groups in total. The maximum Gasteiger partial charge on any atom is 0.306 e. The van der Waals surface area contributed by atoms with E-state index in [9.17, 15) is 18.0 Å². The summed E-state index contributed by atoms with van der Waals surface area (Å²) >= 11 is 0. The van der Waals surface area contributed by atoms with Gasteiger partial charge in [-0.1, -0.05) is 19.1 Å². The van der Waals surface area contributed by atoms with Gasteiger partial charge in [0.1, 0.15) is 0 Å². The van der Waals surface area contributed by atoms with Crippen LogP contribution in [0.5, 0.6) is 0 Å². The largest absolute Gasteiger partial charge is 0.481 e. The lowest BCUT2D eigenvalue weighted by atomic mass is 9.86. The number of carboxylic acid groups (broad SMARTS) is 1. The summed E-state index contributed by atoms with van der Waals surface area (Å²) in [5, 5.41) is 11.9. The summed E-state index contributed by atoms with van der Waals surface area (Å²) < 4.78 is 26.2. The van der Waals surface area contributed by atoms with Gasteiger partial charge in [-0.05, 0) is 43.4 Å². The van der Waals surface area contributed by atoms with Gasteiger partial charge in [-0.3, -0.25) is 9.59 Å². The summed E-state index contributed by atoms with van der Waals surface area (Å²) in [5.41, 5.74) is 0.729. The van der Waals surface area contributed by atoms with Crippen LogP contribution in [0.15, 0.2) is 29.2 Å². The molecule has 1 amide bonds. The predicted octanol–water partition coefficient (Wildman–Crippen LogP) is 1.29. The lowest BCUT2D eigenvalue weighted by Gasteiger charge is -2.26. The number of hydrogen-bond acceptors (Lipinski definition) is 4. The summed E-state index contributed by atoms with van der Waals surface area (Å²) in [5.74, 6) is -1.21. The highest BCUT2D eigenvalue weighted by molar-refractivity contribution is 7.89. The smallest absolute Gasteiger partial charge is 0.306 e. The van der Waals surface area contributed by atoms with Crippen molar-refractivity contribution in [1.82, 2.24) is 10.0 Å². The third-order valence-electron chi connectivity index (χ3n) is 4.37. The van der Waals surface area contributed by atoms with Crippen LogP contribution in [0.2, 0.25) is 0 Å². The van der Waals surface area contributed by atoms with Crippen LogP contribution < -0.4 is 10.0 Å². The van der Waals surface area contributed by atoms with Crippen LogP contribution in [-0.4, -0.2) is 38.0 Å². The van der Waals surface area contributed by atoms with Crippen molar-refractivity contribution in [3.8, 4) is 0 Å². The summed E-state index contributed by atoms with van der Waals surface area (Å²) in [6.45, 7) is 2.02. The zero-order valence-corrected chi connectivity index (χ0v) is 15.0. The normalized spacial score (nSPS) is 20.8. The molecule has 25 heavy (non-hydrogen) atoms. The Balaban J connectivity index is 1.86. The second kappa shape index (κ2) is 8.44. The van der Waals surface area contributed by atoms with Crippen molar-refractivity contribution >= 4 is 21.9 Å². The zero-order chi connectivity index (χ0) is 18.4. The minimum Gasteiger partial charge on any atom is -0.481 e. The highest BCUT2D eigenvalue weighted by atomic mass is 32.2. The number of rotatable bonds is 7. The van der Waals surface area contributed by atoms with E-state index >= 15 is 0 Å². The van der Waals surface area contributed by atoms with Gasteiger partial charge in [0.25, 0.3) is 0 Å². The fourth-order valence-electron chi connectivity index (χ4n) is 3.01. The number of amides is 1. The molecule has 8 heteroatoms. The Bertz CT molecular complexity index is 707. The first-order valence-electron chi connectivity index (χ1n) is 8.42.